The van der Waals surface area contributed by atoms with Crippen LogP contribution >= 0.6 is 0 Å². The second kappa shape index (κ2) is 5.94. The predicted molar refractivity (Wildman–Crippen MR) is 46.2 cm³/mol. The van der Waals surface area contributed by atoms with Gasteiger partial charge in [-0.05, 0) is 26.2 Å². The lowest BCUT2D eigenvalue weighted by Gasteiger charge is -2.22. The van der Waals surface area contributed by atoms with E-state index in [-0.39, 0.29) is 18.9 Å². The SMILES string of the molecule is CCOC(=O)CO[C@H]1CCCCO1. The lowest BCUT2D eigenvalue weighted by Crippen LogP contribution is -2.25. The molecule has 1 aliphatic heterocycles. The third-order valence-corrected chi connectivity index (χ3v) is 1.83. The average molecular weight is 188 g/mol. The molecule has 0 N–H and O–H groups in total. The average Bonchev–Trinajstić information content (AvgIpc) is 2.17. The van der Waals surface area contributed by atoms with E-state index >= 15 is 0 Å². The monoisotopic (exact) mass is 188 g/mol. The fourth-order valence-corrected chi connectivity index (χ4v) is 1.21. The molecule has 0 saturated carbocycles. The van der Waals surface area contributed by atoms with Crippen LogP contribution in [0.3, 0.4) is 0 Å². The minimum atomic E-state index is -0.323. The molecule has 0 aromatic rings. The normalized spacial score (nSPS) is 22.7. The van der Waals surface area contributed by atoms with Gasteiger partial charge in [-0.15, -0.1) is 0 Å². The van der Waals surface area contributed by atoms with E-state index in [0.29, 0.717) is 6.61 Å². The van der Waals surface area contributed by atoms with E-state index in [1.165, 1.54) is 0 Å². The van der Waals surface area contributed by atoms with E-state index in [4.69, 9.17) is 14.2 Å². The van der Waals surface area contributed by atoms with Gasteiger partial charge < -0.3 is 14.2 Å². The summed E-state index contributed by atoms with van der Waals surface area (Å²) in [6.45, 7) is 2.90. The van der Waals surface area contributed by atoms with Crippen molar-refractivity contribution in [3.8, 4) is 0 Å². The number of carbonyl (C=O) groups is 1. The van der Waals surface area contributed by atoms with Gasteiger partial charge in [0.1, 0.15) is 6.61 Å². The molecule has 0 aliphatic carbocycles. The van der Waals surface area contributed by atoms with Gasteiger partial charge in [-0.1, -0.05) is 0 Å². The van der Waals surface area contributed by atoms with Crippen molar-refractivity contribution < 1.29 is 19.0 Å². The molecule has 4 heteroatoms. The Labute approximate surface area is 78.2 Å². The molecule has 0 radical (unpaired) electrons. The predicted octanol–water partition coefficient (Wildman–Crippen LogP) is 1.09. The highest BCUT2D eigenvalue weighted by Gasteiger charge is 2.15. The molecule has 0 unspecified atom stereocenters. The Bertz CT molecular complexity index is 152. The molecule has 76 valence electrons. The minimum absolute atomic E-state index is 0.00148. The van der Waals surface area contributed by atoms with Crippen LogP contribution in [0, 0.1) is 0 Å². The zero-order chi connectivity index (χ0) is 9.52. The third-order valence-electron chi connectivity index (χ3n) is 1.83. The van der Waals surface area contributed by atoms with Crippen molar-refractivity contribution in [1.29, 1.82) is 0 Å². The van der Waals surface area contributed by atoms with Crippen LogP contribution < -0.4 is 0 Å². The highest BCUT2D eigenvalue weighted by molar-refractivity contribution is 5.70. The van der Waals surface area contributed by atoms with Gasteiger partial charge >= 0.3 is 5.97 Å². The first kappa shape index (κ1) is 10.5. The second-order valence-corrected chi connectivity index (χ2v) is 2.91. The Hall–Kier alpha value is -0.610. The Balaban J connectivity index is 2.06. The van der Waals surface area contributed by atoms with Gasteiger partial charge in [0.15, 0.2) is 6.29 Å². The van der Waals surface area contributed by atoms with Crippen molar-refractivity contribution in [2.75, 3.05) is 19.8 Å². The zero-order valence-corrected chi connectivity index (χ0v) is 7.95. The van der Waals surface area contributed by atoms with Crippen LogP contribution in [0.4, 0.5) is 0 Å². The van der Waals surface area contributed by atoms with Gasteiger partial charge in [0.2, 0.25) is 0 Å². The first-order valence-electron chi connectivity index (χ1n) is 4.71. The van der Waals surface area contributed by atoms with Gasteiger partial charge in [-0.25, -0.2) is 4.79 Å². The molecular weight excluding hydrogens is 172 g/mol. The zero-order valence-electron chi connectivity index (χ0n) is 7.95. The fourth-order valence-electron chi connectivity index (χ4n) is 1.21. The Morgan fingerprint density at radius 2 is 2.38 bits per heavy atom. The van der Waals surface area contributed by atoms with Crippen LogP contribution in [-0.2, 0) is 19.0 Å². The van der Waals surface area contributed by atoms with Crippen molar-refractivity contribution in [3.05, 3.63) is 0 Å². The van der Waals surface area contributed by atoms with Gasteiger partial charge in [-0.2, -0.15) is 0 Å². The summed E-state index contributed by atoms with van der Waals surface area (Å²) in [4.78, 5) is 10.9. The molecule has 4 nitrogen and oxygen atoms in total. The summed E-state index contributed by atoms with van der Waals surface area (Å²) in [5, 5.41) is 0. The highest BCUT2D eigenvalue weighted by Crippen LogP contribution is 2.13. The molecule has 1 atom stereocenters. The molecule has 0 aromatic heterocycles. The molecule has 13 heavy (non-hydrogen) atoms. The van der Waals surface area contributed by atoms with Crippen molar-refractivity contribution in [2.45, 2.75) is 32.5 Å². The van der Waals surface area contributed by atoms with Crippen molar-refractivity contribution >= 4 is 5.97 Å². The van der Waals surface area contributed by atoms with Crippen LogP contribution in [-0.4, -0.2) is 32.1 Å². The number of hydrogen-bond acceptors (Lipinski definition) is 4. The van der Waals surface area contributed by atoms with Crippen LogP contribution in [0.1, 0.15) is 26.2 Å². The van der Waals surface area contributed by atoms with Gasteiger partial charge in [0.05, 0.1) is 6.61 Å². The third kappa shape index (κ3) is 4.24. The summed E-state index contributed by atoms with van der Waals surface area (Å²) in [6.07, 6.45) is 2.85. The maximum Gasteiger partial charge on any atom is 0.332 e. The number of carbonyl (C=O) groups excluding carboxylic acids is 1. The molecule has 1 aliphatic rings. The van der Waals surface area contributed by atoms with Gasteiger partial charge in [0, 0.05) is 6.61 Å². The number of hydrogen-bond donors (Lipinski definition) is 0. The van der Waals surface area contributed by atoms with Gasteiger partial charge in [-0.3, -0.25) is 0 Å². The molecular formula is C9H16O4. The van der Waals surface area contributed by atoms with Crippen LogP contribution in [0.25, 0.3) is 0 Å². The number of esters is 1. The van der Waals surface area contributed by atoms with E-state index < -0.39 is 0 Å². The van der Waals surface area contributed by atoms with Gasteiger partial charge in [0.25, 0.3) is 0 Å². The van der Waals surface area contributed by atoms with Crippen LogP contribution in [0.15, 0.2) is 0 Å². The van der Waals surface area contributed by atoms with E-state index in [9.17, 15) is 4.79 Å². The van der Waals surface area contributed by atoms with E-state index in [1.54, 1.807) is 6.92 Å². The highest BCUT2D eigenvalue weighted by atomic mass is 16.7. The molecule has 1 rings (SSSR count). The lowest BCUT2D eigenvalue weighted by atomic mass is 10.2. The summed E-state index contributed by atoms with van der Waals surface area (Å²) >= 11 is 0. The molecule has 0 amide bonds. The maximum absolute atomic E-state index is 10.9. The largest absolute Gasteiger partial charge is 0.464 e. The molecule has 0 bridgehead atoms. The van der Waals surface area contributed by atoms with Crippen molar-refractivity contribution in [1.82, 2.24) is 0 Å². The molecule has 0 spiro atoms. The lowest BCUT2D eigenvalue weighted by molar-refractivity contribution is -0.181. The smallest absolute Gasteiger partial charge is 0.332 e. The number of ether oxygens (including phenoxy) is 3. The van der Waals surface area contributed by atoms with E-state index in [2.05, 4.69) is 0 Å². The summed E-state index contributed by atoms with van der Waals surface area (Å²) in [5.41, 5.74) is 0. The molecule has 1 heterocycles. The summed E-state index contributed by atoms with van der Waals surface area (Å²) in [6, 6.07) is 0. The van der Waals surface area contributed by atoms with Crippen molar-refractivity contribution in [2.24, 2.45) is 0 Å². The Morgan fingerprint density at radius 1 is 1.54 bits per heavy atom. The van der Waals surface area contributed by atoms with Crippen molar-refractivity contribution in [3.63, 3.8) is 0 Å². The summed E-state index contributed by atoms with van der Waals surface area (Å²) in [7, 11) is 0. The van der Waals surface area contributed by atoms with E-state index in [1.807, 2.05) is 0 Å². The molecule has 1 saturated heterocycles. The van der Waals surface area contributed by atoms with E-state index in [0.717, 1.165) is 25.9 Å². The van der Waals surface area contributed by atoms with Crippen LogP contribution in [0.2, 0.25) is 0 Å². The quantitative estimate of drug-likeness (QED) is 0.619. The first-order chi connectivity index (χ1) is 6.33. The summed E-state index contributed by atoms with van der Waals surface area (Å²) in [5.74, 6) is -0.323. The maximum atomic E-state index is 10.9. The standard InChI is InChI=1S/C9H16O4/c1-2-11-8(10)7-13-9-5-3-4-6-12-9/h9H,2-7H2,1H3/t9-/m0/s1. The van der Waals surface area contributed by atoms with Crippen LogP contribution in [0.5, 0.6) is 0 Å². The summed E-state index contributed by atoms with van der Waals surface area (Å²) < 4.78 is 15.2. The fraction of sp³-hybridized carbons (Fsp3) is 0.889. The Morgan fingerprint density at radius 3 is 3.00 bits per heavy atom. The second-order valence-electron chi connectivity index (χ2n) is 2.91. The molecule has 1 fully saturated rings. The first-order valence-corrected chi connectivity index (χ1v) is 4.71. The Kier molecular flexibility index (Phi) is 4.78. The molecule has 0 aromatic carbocycles. The number of rotatable bonds is 4. The topological polar surface area (TPSA) is 44.8 Å². The minimum Gasteiger partial charge on any atom is -0.464 e.